The molecule has 0 aromatic heterocycles. The first-order valence-corrected chi connectivity index (χ1v) is 8.44. The molecule has 0 aromatic rings. The van der Waals surface area contributed by atoms with Crippen LogP contribution in [0.4, 0.5) is 0 Å². The van der Waals surface area contributed by atoms with Gasteiger partial charge in [-0.05, 0) is 12.8 Å². The van der Waals surface area contributed by atoms with Crippen LogP contribution in [0, 0.1) is 0 Å². The molecule has 0 radical (unpaired) electrons. The Morgan fingerprint density at radius 3 is 1.50 bits per heavy atom. The van der Waals surface area contributed by atoms with Gasteiger partial charge in [0.25, 0.3) is 0 Å². The topological polar surface area (TPSA) is 69.7 Å². The molecule has 0 saturated heterocycles. The van der Waals surface area contributed by atoms with Gasteiger partial charge in [0.2, 0.25) is 0 Å². The smallest absolute Gasteiger partial charge is 0.334 e. The average Bonchev–Trinajstić information content (AvgIpc) is 2.39. The normalized spacial score (nSPS) is 10.6. The summed E-state index contributed by atoms with van der Waals surface area (Å²) in [5.41, 5.74) is 0. The lowest BCUT2D eigenvalue weighted by Crippen LogP contribution is -2.13. The van der Waals surface area contributed by atoms with Gasteiger partial charge in [0, 0.05) is 12.8 Å². The molecular formula is C14H26O5S. The van der Waals surface area contributed by atoms with E-state index in [9.17, 15) is 13.8 Å². The van der Waals surface area contributed by atoms with Gasteiger partial charge in [-0.2, -0.15) is 4.21 Å². The van der Waals surface area contributed by atoms with Crippen LogP contribution in [0.15, 0.2) is 0 Å². The highest BCUT2D eigenvalue weighted by molar-refractivity contribution is 7.76. The van der Waals surface area contributed by atoms with Gasteiger partial charge in [-0.15, -0.1) is 0 Å². The summed E-state index contributed by atoms with van der Waals surface area (Å²) < 4.78 is 20.3. The number of hydrogen-bond donors (Lipinski definition) is 0. The maximum Gasteiger partial charge on any atom is 0.422 e. The van der Waals surface area contributed by atoms with E-state index in [1.807, 2.05) is 0 Å². The number of rotatable bonds is 12. The van der Waals surface area contributed by atoms with E-state index in [1.54, 1.807) is 0 Å². The van der Waals surface area contributed by atoms with Crippen molar-refractivity contribution in [3.05, 3.63) is 0 Å². The van der Waals surface area contributed by atoms with Crippen LogP contribution >= 0.6 is 0 Å². The number of hydrogen-bond acceptors (Lipinski definition) is 5. The lowest BCUT2D eigenvalue weighted by Gasteiger charge is -2.04. The third-order valence-electron chi connectivity index (χ3n) is 2.79. The van der Waals surface area contributed by atoms with Crippen molar-refractivity contribution in [2.75, 3.05) is 0 Å². The predicted octanol–water partition coefficient (Wildman–Crippen LogP) is 3.59. The molecule has 0 aliphatic rings. The second-order valence-corrected chi connectivity index (χ2v) is 5.48. The summed E-state index contributed by atoms with van der Waals surface area (Å²) in [6.45, 7) is 4.15. The quantitative estimate of drug-likeness (QED) is 0.515. The Bertz CT molecular complexity index is 276. The molecule has 0 atom stereocenters. The van der Waals surface area contributed by atoms with Gasteiger partial charge in [-0.1, -0.05) is 52.4 Å². The molecule has 6 heteroatoms. The molecule has 0 N–H and O–H groups in total. The van der Waals surface area contributed by atoms with E-state index in [0.717, 1.165) is 38.5 Å². The molecule has 0 aromatic carbocycles. The van der Waals surface area contributed by atoms with Crippen molar-refractivity contribution < 1.29 is 22.2 Å². The largest absolute Gasteiger partial charge is 0.422 e. The summed E-state index contributed by atoms with van der Waals surface area (Å²) in [5, 5.41) is 0. The van der Waals surface area contributed by atoms with Crippen LogP contribution in [0.3, 0.4) is 0 Å². The Morgan fingerprint density at radius 2 is 1.15 bits per heavy atom. The fraction of sp³-hybridized carbons (Fsp3) is 0.857. The minimum atomic E-state index is -2.29. The first-order chi connectivity index (χ1) is 9.60. The van der Waals surface area contributed by atoms with Crippen molar-refractivity contribution in [3.8, 4) is 0 Å². The van der Waals surface area contributed by atoms with Crippen LogP contribution in [-0.2, 0) is 29.3 Å². The number of unbranched alkanes of at least 4 members (excludes halogenated alkanes) is 6. The van der Waals surface area contributed by atoms with Gasteiger partial charge < -0.3 is 8.37 Å². The van der Waals surface area contributed by atoms with Crippen molar-refractivity contribution in [2.24, 2.45) is 0 Å². The van der Waals surface area contributed by atoms with Crippen molar-refractivity contribution in [3.63, 3.8) is 0 Å². The highest BCUT2D eigenvalue weighted by Crippen LogP contribution is 2.07. The fourth-order valence-corrected chi connectivity index (χ4v) is 2.15. The minimum Gasteiger partial charge on any atom is -0.334 e. The third kappa shape index (κ3) is 12.1. The first kappa shape index (κ1) is 19.1. The van der Waals surface area contributed by atoms with Crippen LogP contribution in [0.5, 0.6) is 0 Å². The van der Waals surface area contributed by atoms with E-state index >= 15 is 0 Å². The second kappa shape index (κ2) is 13.1. The van der Waals surface area contributed by atoms with Gasteiger partial charge >= 0.3 is 23.3 Å². The molecule has 20 heavy (non-hydrogen) atoms. The summed E-state index contributed by atoms with van der Waals surface area (Å²) in [6.07, 6.45) is 7.98. The van der Waals surface area contributed by atoms with Gasteiger partial charge in [-0.3, -0.25) is 9.59 Å². The Balaban J connectivity index is 3.64. The molecule has 0 bridgehead atoms. The molecule has 0 aliphatic carbocycles. The Labute approximate surface area is 124 Å². The lowest BCUT2D eigenvalue weighted by molar-refractivity contribution is -0.137. The molecule has 0 rings (SSSR count). The zero-order valence-corrected chi connectivity index (χ0v) is 13.3. The van der Waals surface area contributed by atoms with Crippen LogP contribution in [0.2, 0.25) is 0 Å². The van der Waals surface area contributed by atoms with Gasteiger partial charge in [0.05, 0.1) is 0 Å². The van der Waals surface area contributed by atoms with E-state index < -0.39 is 23.3 Å². The van der Waals surface area contributed by atoms with Crippen LogP contribution in [0.1, 0.15) is 78.1 Å². The van der Waals surface area contributed by atoms with E-state index in [0.29, 0.717) is 12.8 Å². The minimum absolute atomic E-state index is 0.208. The van der Waals surface area contributed by atoms with Gasteiger partial charge in [-0.25, -0.2) is 0 Å². The summed E-state index contributed by atoms with van der Waals surface area (Å²) >= 11 is -2.29. The van der Waals surface area contributed by atoms with E-state index in [-0.39, 0.29) is 12.8 Å². The molecule has 0 fully saturated rings. The monoisotopic (exact) mass is 306 g/mol. The van der Waals surface area contributed by atoms with Gasteiger partial charge in [0.15, 0.2) is 0 Å². The van der Waals surface area contributed by atoms with E-state index in [1.165, 1.54) is 0 Å². The zero-order chi connectivity index (χ0) is 15.2. The van der Waals surface area contributed by atoms with Crippen LogP contribution < -0.4 is 0 Å². The summed E-state index contributed by atoms with van der Waals surface area (Å²) in [4.78, 5) is 22.6. The molecule has 5 nitrogen and oxygen atoms in total. The van der Waals surface area contributed by atoms with Crippen LogP contribution in [0.25, 0.3) is 0 Å². The third-order valence-corrected chi connectivity index (χ3v) is 3.43. The van der Waals surface area contributed by atoms with Crippen molar-refractivity contribution in [1.29, 1.82) is 0 Å². The maximum atomic E-state index is 11.3. The molecule has 0 saturated carbocycles. The van der Waals surface area contributed by atoms with Crippen molar-refractivity contribution in [2.45, 2.75) is 78.1 Å². The standard InChI is InChI=1S/C14H26O5S/c1-3-5-7-9-11-13(15)18-20(17)19-14(16)12-10-8-6-4-2/h3-12H2,1-2H3. The molecule has 0 spiro atoms. The highest BCUT2D eigenvalue weighted by atomic mass is 32.2. The fourth-order valence-electron chi connectivity index (χ4n) is 1.64. The summed E-state index contributed by atoms with van der Waals surface area (Å²) in [7, 11) is 0. The zero-order valence-electron chi connectivity index (χ0n) is 12.5. The number of carbonyl (C=O) groups excluding carboxylic acids is 2. The Hall–Kier alpha value is -0.910. The predicted molar refractivity (Wildman–Crippen MR) is 77.8 cm³/mol. The molecular weight excluding hydrogens is 280 g/mol. The molecule has 0 heterocycles. The van der Waals surface area contributed by atoms with Gasteiger partial charge in [0.1, 0.15) is 0 Å². The van der Waals surface area contributed by atoms with Crippen molar-refractivity contribution in [1.82, 2.24) is 0 Å². The average molecular weight is 306 g/mol. The molecule has 0 amide bonds. The second-order valence-electron chi connectivity index (χ2n) is 4.74. The number of carbonyl (C=O) groups is 2. The molecule has 0 unspecified atom stereocenters. The molecule has 0 aliphatic heterocycles. The van der Waals surface area contributed by atoms with E-state index in [4.69, 9.17) is 0 Å². The Kier molecular flexibility index (Phi) is 12.5. The SMILES string of the molecule is CCCCCCC(=O)OS(=O)OC(=O)CCCCCC. The Morgan fingerprint density at radius 1 is 0.750 bits per heavy atom. The van der Waals surface area contributed by atoms with Crippen molar-refractivity contribution >= 4 is 23.3 Å². The lowest BCUT2D eigenvalue weighted by atomic mass is 10.2. The van der Waals surface area contributed by atoms with Crippen LogP contribution in [-0.4, -0.2) is 16.1 Å². The summed E-state index contributed by atoms with van der Waals surface area (Å²) in [6, 6.07) is 0. The molecule has 118 valence electrons. The first-order valence-electron chi connectivity index (χ1n) is 7.44. The highest BCUT2D eigenvalue weighted by Gasteiger charge is 2.14. The summed E-state index contributed by atoms with van der Waals surface area (Å²) in [5.74, 6) is -1.17. The van der Waals surface area contributed by atoms with E-state index in [2.05, 4.69) is 22.2 Å². The maximum absolute atomic E-state index is 11.3.